The smallest absolute Gasteiger partial charge is 0.412 e. The Bertz CT molecular complexity index is 2380. The molecule has 8 aromatic rings. The third-order valence-corrected chi connectivity index (χ3v) is 12.0. The van der Waals surface area contributed by atoms with E-state index in [4.69, 9.17) is 99.4 Å². The SMILES string of the molecule is S=C([S-])NC(Cc1ccccc1)c1ccccc1.S=C([S-])NC(Cc1ccccc1)c1ccccc1.S=C([S-])NC(Cc1ccccc1)c1ccccc1.S=C([S-])NC(Cc1ccccc1)c1ccccc1.[Mo+4]. The summed E-state index contributed by atoms with van der Waals surface area (Å²) in [5.41, 5.74) is 9.88. The second kappa shape index (κ2) is 35.2. The summed E-state index contributed by atoms with van der Waals surface area (Å²) in [6, 6.07) is 82.9. The van der Waals surface area contributed by atoms with Crippen molar-refractivity contribution in [3.05, 3.63) is 287 Å². The Morgan fingerprint density at radius 3 is 0.534 bits per heavy atom. The van der Waals surface area contributed by atoms with E-state index in [1.807, 2.05) is 146 Å². The minimum Gasteiger partial charge on any atom is -0.412 e. The van der Waals surface area contributed by atoms with E-state index in [0.717, 1.165) is 25.7 Å². The fourth-order valence-corrected chi connectivity index (χ4v) is 8.86. The summed E-state index contributed by atoms with van der Waals surface area (Å²) in [5, 5.41) is 12.8. The van der Waals surface area contributed by atoms with E-state index in [2.05, 4.69) is 118 Å². The Morgan fingerprint density at radius 1 is 0.260 bits per heavy atom. The molecule has 0 fully saturated rings. The molecule has 4 unspecified atom stereocenters. The summed E-state index contributed by atoms with van der Waals surface area (Å²) in [5.74, 6) is 0. The average Bonchev–Trinajstić information content (AvgIpc) is 3.40. The molecule has 0 aromatic heterocycles. The van der Waals surface area contributed by atoms with Gasteiger partial charge in [0.2, 0.25) is 0 Å². The van der Waals surface area contributed by atoms with Crippen LogP contribution in [0, 0.1) is 0 Å². The van der Waals surface area contributed by atoms with Crippen LogP contribution in [-0.4, -0.2) is 17.3 Å². The summed E-state index contributed by atoms with van der Waals surface area (Å²) < 4.78 is 1.67. The molecule has 0 radical (unpaired) electrons. The second-order valence-electron chi connectivity index (χ2n) is 16.3. The van der Waals surface area contributed by atoms with Gasteiger partial charge in [-0.2, -0.15) is 0 Å². The molecule has 4 nitrogen and oxygen atoms in total. The van der Waals surface area contributed by atoms with E-state index >= 15 is 0 Å². The van der Waals surface area contributed by atoms with E-state index in [9.17, 15) is 0 Å². The molecular formula is C60H56MoN4S8. The maximum atomic E-state index is 4.99. The first-order chi connectivity index (χ1) is 35.0. The Labute approximate surface area is 491 Å². The number of rotatable bonds is 16. The molecule has 0 aliphatic carbocycles. The standard InChI is InChI=1S/4C15H15NS2.Mo/c4*17-15(18)16-14(13-9-5-2-6-10-13)11-12-7-3-1-4-8-12;/h4*1-10,14H,11H2,(H2,16,17,18);/q;;;;+4/p-4. The van der Waals surface area contributed by atoms with Crippen molar-refractivity contribution in [2.75, 3.05) is 0 Å². The van der Waals surface area contributed by atoms with E-state index in [-0.39, 0.29) is 45.2 Å². The van der Waals surface area contributed by atoms with E-state index < -0.39 is 0 Å². The van der Waals surface area contributed by atoms with Crippen LogP contribution in [0.25, 0.3) is 0 Å². The fraction of sp³-hybridized carbons (Fsp3) is 0.133. The summed E-state index contributed by atoms with van der Waals surface area (Å²) >= 11 is 39.9. The summed E-state index contributed by atoms with van der Waals surface area (Å²) in [7, 11) is 0. The van der Waals surface area contributed by atoms with Crippen molar-refractivity contribution in [1.82, 2.24) is 21.3 Å². The van der Waals surface area contributed by atoms with E-state index in [1.54, 1.807) is 0 Å². The van der Waals surface area contributed by atoms with Crippen molar-refractivity contribution >= 4 is 117 Å². The first kappa shape index (κ1) is 60.4. The predicted molar refractivity (Wildman–Crippen MR) is 330 cm³/mol. The van der Waals surface area contributed by atoms with Crippen LogP contribution in [0.15, 0.2) is 243 Å². The maximum absolute atomic E-state index is 4.99. The maximum Gasteiger partial charge on any atom is 4.00 e. The van der Waals surface area contributed by atoms with Gasteiger partial charge in [-0.1, -0.05) is 260 Å². The van der Waals surface area contributed by atoms with Gasteiger partial charge in [0.05, 0.1) is 24.2 Å². The van der Waals surface area contributed by atoms with Crippen molar-refractivity contribution in [1.29, 1.82) is 0 Å². The molecule has 0 saturated carbocycles. The van der Waals surface area contributed by atoms with E-state index in [0.29, 0.717) is 17.3 Å². The van der Waals surface area contributed by atoms with Crippen LogP contribution >= 0.6 is 48.9 Å². The van der Waals surface area contributed by atoms with Crippen LogP contribution in [0.4, 0.5) is 0 Å². The zero-order chi connectivity index (χ0) is 51.2. The Kier molecular flexibility index (Phi) is 29.1. The summed E-state index contributed by atoms with van der Waals surface area (Å²) in [4.78, 5) is 0. The molecular weight excluding hydrogens is 1130 g/mol. The molecule has 0 aliphatic rings. The first-order valence-corrected chi connectivity index (χ1v) is 26.5. The normalized spacial score (nSPS) is 11.6. The Balaban J connectivity index is 0.000000210. The molecule has 0 bridgehead atoms. The van der Waals surface area contributed by atoms with Crippen LogP contribution in [0.2, 0.25) is 0 Å². The zero-order valence-electron chi connectivity index (χ0n) is 39.9. The van der Waals surface area contributed by atoms with Crippen LogP contribution < -0.4 is 21.3 Å². The van der Waals surface area contributed by atoms with Crippen LogP contribution in [-0.2, 0) is 97.3 Å². The van der Waals surface area contributed by atoms with Gasteiger partial charge in [-0.3, -0.25) is 0 Å². The molecule has 4 atom stereocenters. The molecule has 8 rings (SSSR count). The molecule has 4 N–H and O–H groups in total. The van der Waals surface area contributed by atoms with Gasteiger partial charge in [-0.25, -0.2) is 0 Å². The molecule has 0 amide bonds. The molecule has 370 valence electrons. The quantitative estimate of drug-likeness (QED) is 0.0424. The number of benzene rings is 8. The fourth-order valence-electron chi connectivity index (χ4n) is 7.72. The van der Waals surface area contributed by atoms with Crippen molar-refractivity contribution in [3.63, 3.8) is 0 Å². The molecule has 73 heavy (non-hydrogen) atoms. The second-order valence-corrected chi connectivity index (χ2v) is 20.6. The molecule has 0 heterocycles. The summed E-state index contributed by atoms with van der Waals surface area (Å²) in [6.07, 6.45) is 3.51. The largest absolute Gasteiger partial charge is 4.00 e. The van der Waals surface area contributed by atoms with Gasteiger partial charge in [-0.05, 0) is 70.2 Å². The topological polar surface area (TPSA) is 48.1 Å². The first-order valence-electron chi connectivity index (χ1n) is 23.3. The predicted octanol–water partition coefficient (Wildman–Crippen LogP) is 13.6. The van der Waals surface area contributed by atoms with Crippen molar-refractivity contribution < 1.29 is 21.1 Å². The van der Waals surface area contributed by atoms with Gasteiger partial charge in [0, 0.05) is 0 Å². The van der Waals surface area contributed by atoms with Gasteiger partial charge in [0.25, 0.3) is 0 Å². The van der Waals surface area contributed by atoms with Gasteiger partial charge in [-0.15, -0.1) is 0 Å². The molecule has 0 spiro atoms. The Morgan fingerprint density at radius 2 is 0.397 bits per heavy atom. The monoisotopic (exact) mass is 1190 g/mol. The molecule has 0 saturated heterocycles. The minimum atomic E-state index is 0. The van der Waals surface area contributed by atoms with Crippen molar-refractivity contribution in [2.24, 2.45) is 0 Å². The van der Waals surface area contributed by atoms with Crippen LogP contribution in [0.5, 0.6) is 0 Å². The Hall–Kier alpha value is -5.11. The number of hydrogen-bond acceptors (Lipinski definition) is 8. The van der Waals surface area contributed by atoms with Crippen molar-refractivity contribution in [3.8, 4) is 0 Å². The third-order valence-electron chi connectivity index (χ3n) is 11.1. The number of thiocarbonyl (C=S) groups is 4. The summed E-state index contributed by atoms with van der Waals surface area (Å²) in [6.45, 7) is 0. The zero-order valence-corrected chi connectivity index (χ0v) is 48.4. The van der Waals surface area contributed by atoms with Crippen molar-refractivity contribution in [2.45, 2.75) is 49.9 Å². The molecule has 0 aliphatic heterocycles. The third kappa shape index (κ3) is 24.7. The molecule has 8 aromatic carbocycles. The number of nitrogens with one attached hydrogen (secondary N) is 4. The average molecular weight is 1190 g/mol. The van der Waals surface area contributed by atoms with E-state index in [1.165, 1.54) is 44.5 Å². The van der Waals surface area contributed by atoms with Gasteiger partial charge in [0.15, 0.2) is 0 Å². The minimum absolute atomic E-state index is 0. The van der Waals surface area contributed by atoms with Crippen LogP contribution in [0.1, 0.15) is 68.7 Å². The van der Waals surface area contributed by atoms with Gasteiger partial charge < -0.3 is 121 Å². The number of hydrogen-bond donors (Lipinski definition) is 4. The van der Waals surface area contributed by atoms with Gasteiger partial charge >= 0.3 is 21.1 Å². The van der Waals surface area contributed by atoms with Gasteiger partial charge in [0.1, 0.15) is 0 Å². The molecule has 13 heteroatoms. The van der Waals surface area contributed by atoms with Crippen LogP contribution in [0.3, 0.4) is 0 Å².